The number of amides is 1. The molecule has 8 heteroatoms. The summed E-state index contributed by atoms with van der Waals surface area (Å²) in [6, 6.07) is 14.5. The summed E-state index contributed by atoms with van der Waals surface area (Å²) in [4.78, 5) is 19.5. The molecule has 32 heavy (non-hydrogen) atoms. The molecule has 1 N–H and O–H groups in total. The van der Waals surface area contributed by atoms with Gasteiger partial charge in [-0.25, -0.2) is 9.37 Å². The first-order valence-electron chi connectivity index (χ1n) is 10.7. The van der Waals surface area contributed by atoms with Crippen molar-refractivity contribution >= 4 is 30.9 Å². The van der Waals surface area contributed by atoms with E-state index in [0.29, 0.717) is 26.2 Å². The van der Waals surface area contributed by atoms with Crippen LogP contribution in [-0.2, 0) is 22.6 Å². The topological polar surface area (TPSA) is 59.4 Å². The van der Waals surface area contributed by atoms with Gasteiger partial charge in [0.1, 0.15) is 29.3 Å². The number of nitrogens with one attached hydrogen (secondary N) is 1. The molecule has 168 valence electrons. The summed E-state index contributed by atoms with van der Waals surface area (Å²) in [6.07, 6.45) is 1.38. The molecule has 1 unspecified atom stereocenters. The standard InChI is InChI=1S/C24H25FN4O2.H2S/c1-16-4-10-19(11-5-16)26-23-22(17-6-8-18(25)9-7-17)27-21-15-28(12-13-29(21)23)24(30)20-3-2-14-31-20;/h4-11,20,26H,2-3,12-15H2,1H3;1H2. The van der Waals surface area contributed by atoms with E-state index >= 15 is 0 Å². The molecule has 1 fully saturated rings. The van der Waals surface area contributed by atoms with E-state index in [1.54, 1.807) is 12.1 Å². The zero-order valence-corrected chi connectivity index (χ0v) is 19.0. The lowest BCUT2D eigenvalue weighted by atomic mass is 10.1. The Balaban J connectivity index is 0.00000245. The van der Waals surface area contributed by atoms with Crippen LogP contribution in [0.1, 0.15) is 24.2 Å². The molecular formula is C24H27FN4O2S. The lowest BCUT2D eigenvalue weighted by molar-refractivity contribution is -0.142. The molecule has 0 bridgehead atoms. The van der Waals surface area contributed by atoms with E-state index < -0.39 is 0 Å². The molecule has 5 rings (SSSR count). The Kier molecular flexibility index (Phi) is 6.53. The Morgan fingerprint density at radius 2 is 1.88 bits per heavy atom. The fraction of sp³-hybridized carbons (Fsp3) is 0.333. The zero-order valence-electron chi connectivity index (χ0n) is 18.0. The summed E-state index contributed by atoms with van der Waals surface area (Å²) < 4.78 is 21.2. The van der Waals surface area contributed by atoms with Crippen molar-refractivity contribution in [3.8, 4) is 11.3 Å². The van der Waals surface area contributed by atoms with Crippen LogP contribution < -0.4 is 5.32 Å². The summed E-state index contributed by atoms with van der Waals surface area (Å²) in [6.45, 7) is 4.37. The second-order valence-corrected chi connectivity index (χ2v) is 8.14. The van der Waals surface area contributed by atoms with Crippen LogP contribution in [-0.4, -0.2) is 39.6 Å². The number of carbonyl (C=O) groups excluding carboxylic acids is 1. The van der Waals surface area contributed by atoms with E-state index in [1.807, 2.05) is 24.0 Å². The monoisotopic (exact) mass is 454 g/mol. The Hall–Kier alpha value is -2.84. The van der Waals surface area contributed by atoms with Gasteiger partial charge in [-0.1, -0.05) is 17.7 Å². The maximum Gasteiger partial charge on any atom is 0.252 e. The Labute approximate surface area is 193 Å². The van der Waals surface area contributed by atoms with E-state index in [2.05, 4.69) is 22.0 Å². The predicted octanol–water partition coefficient (Wildman–Crippen LogP) is 4.38. The molecular weight excluding hydrogens is 427 g/mol. The molecule has 2 aromatic carbocycles. The number of halogens is 1. The minimum Gasteiger partial charge on any atom is -0.368 e. The molecule has 2 aliphatic heterocycles. The number of ether oxygens (including phenoxy) is 1. The second-order valence-electron chi connectivity index (χ2n) is 8.14. The number of fused-ring (bicyclic) bond motifs is 1. The number of aromatic nitrogens is 2. The lowest BCUT2D eigenvalue weighted by Crippen LogP contribution is -2.43. The first-order valence-corrected chi connectivity index (χ1v) is 10.7. The molecule has 0 spiro atoms. The molecule has 2 aliphatic rings. The third-order valence-corrected chi connectivity index (χ3v) is 5.92. The van der Waals surface area contributed by atoms with Crippen LogP contribution in [0.4, 0.5) is 15.9 Å². The average Bonchev–Trinajstić information content (AvgIpc) is 3.44. The van der Waals surface area contributed by atoms with Crippen molar-refractivity contribution in [2.45, 2.75) is 39.0 Å². The van der Waals surface area contributed by atoms with Gasteiger partial charge in [0.2, 0.25) is 0 Å². The molecule has 0 radical (unpaired) electrons. The maximum absolute atomic E-state index is 13.5. The Morgan fingerprint density at radius 1 is 1.12 bits per heavy atom. The number of imidazole rings is 1. The number of anilines is 2. The van der Waals surface area contributed by atoms with Crippen LogP contribution in [0.25, 0.3) is 11.3 Å². The highest BCUT2D eigenvalue weighted by molar-refractivity contribution is 7.59. The summed E-state index contributed by atoms with van der Waals surface area (Å²) in [7, 11) is 0. The number of rotatable bonds is 4. The van der Waals surface area contributed by atoms with Gasteiger partial charge in [0.15, 0.2) is 0 Å². The molecule has 6 nitrogen and oxygen atoms in total. The van der Waals surface area contributed by atoms with Crippen molar-refractivity contribution in [3.05, 3.63) is 65.7 Å². The molecule has 0 aliphatic carbocycles. The van der Waals surface area contributed by atoms with Crippen LogP contribution in [0.15, 0.2) is 48.5 Å². The van der Waals surface area contributed by atoms with Crippen LogP contribution in [0.2, 0.25) is 0 Å². The molecule has 1 saturated heterocycles. The highest BCUT2D eigenvalue weighted by Gasteiger charge is 2.32. The Morgan fingerprint density at radius 3 is 2.56 bits per heavy atom. The van der Waals surface area contributed by atoms with E-state index in [4.69, 9.17) is 9.72 Å². The third-order valence-electron chi connectivity index (χ3n) is 5.92. The molecule has 3 aromatic rings. The molecule has 1 amide bonds. The third kappa shape index (κ3) is 4.38. The van der Waals surface area contributed by atoms with Crippen molar-refractivity contribution in [2.24, 2.45) is 0 Å². The largest absolute Gasteiger partial charge is 0.368 e. The number of hydrogen-bond acceptors (Lipinski definition) is 4. The zero-order chi connectivity index (χ0) is 21.4. The summed E-state index contributed by atoms with van der Waals surface area (Å²) in [5.74, 6) is 1.43. The van der Waals surface area contributed by atoms with Gasteiger partial charge in [0.05, 0.1) is 6.54 Å². The lowest BCUT2D eigenvalue weighted by Gasteiger charge is -2.30. The number of hydrogen-bond donors (Lipinski definition) is 1. The van der Waals surface area contributed by atoms with Gasteiger partial charge in [-0.05, 0) is 56.2 Å². The maximum atomic E-state index is 13.5. The van der Waals surface area contributed by atoms with E-state index in [0.717, 1.165) is 41.4 Å². The predicted molar refractivity (Wildman–Crippen MR) is 127 cm³/mol. The van der Waals surface area contributed by atoms with Crippen molar-refractivity contribution in [2.75, 3.05) is 18.5 Å². The van der Waals surface area contributed by atoms with Crippen LogP contribution in [0.3, 0.4) is 0 Å². The number of aryl methyl sites for hydroxylation is 1. The molecule has 0 saturated carbocycles. The molecule has 1 atom stereocenters. The van der Waals surface area contributed by atoms with Gasteiger partial charge < -0.3 is 19.5 Å². The van der Waals surface area contributed by atoms with E-state index in [1.165, 1.54) is 17.7 Å². The van der Waals surface area contributed by atoms with Crippen molar-refractivity contribution in [1.29, 1.82) is 0 Å². The highest BCUT2D eigenvalue weighted by atomic mass is 32.1. The van der Waals surface area contributed by atoms with E-state index in [-0.39, 0.29) is 31.3 Å². The number of nitrogens with zero attached hydrogens (tertiary/aromatic N) is 3. The van der Waals surface area contributed by atoms with Crippen molar-refractivity contribution in [3.63, 3.8) is 0 Å². The fourth-order valence-electron chi connectivity index (χ4n) is 4.20. The van der Waals surface area contributed by atoms with Crippen LogP contribution in [0.5, 0.6) is 0 Å². The van der Waals surface area contributed by atoms with Crippen molar-refractivity contribution in [1.82, 2.24) is 14.5 Å². The summed E-state index contributed by atoms with van der Waals surface area (Å²) >= 11 is 0. The van der Waals surface area contributed by atoms with Crippen molar-refractivity contribution < 1.29 is 13.9 Å². The van der Waals surface area contributed by atoms with E-state index in [9.17, 15) is 9.18 Å². The van der Waals surface area contributed by atoms with Gasteiger partial charge in [-0.3, -0.25) is 4.79 Å². The van der Waals surface area contributed by atoms with Gasteiger partial charge in [0.25, 0.3) is 5.91 Å². The molecule has 3 heterocycles. The quantitative estimate of drug-likeness (QED) is 0.636. The van der Waals surface area contributed by atoms with Crippen LogP contribution in [0, 0.1) is 12.7 Å². The van der Waals surface area contributed by atoms with Gasteiger partial charge in [-0.2, -0.15) is 13.5 Å². The smallest absolute Gasteiger partial charge is 0.252 e. The SMILES string of the molecule is Cc1ccc(Nc2c(-c3ccc(F)cc3)nc3n2CCN(C(=O)C2CCCO2)C3)cc1.S. The minimum absolute atomic E-state index is 0. The number of benzene rings is 2. The summed E-state index contributed by atoms with van der Waals surface area (Å²) in [5.41, 5.74) is 3.72. The Bertz CT molecular complexity index is 1090. The van der Waals surface area contributed by atoms with Gasteiger partial charge in [-0.15, -0.1) is 0 Å². The fourth-order valence-corrected chi connectivity index (χ4v) is 4.20. The van der Waals surface area contributed by atoms with Gasteiger partial charge in [0, 0.05) is 30.9 Å². The van der Waals surface area contributed by atoms with Gasteiger partial charge >= 0.3 is 0 Å². The van der Waals surface area contributed by atoms with Crippen LogP contribution >= 0.6 is 13.5 Å². The normalized spacial score (nSPS) is 17.6. The second kappa shape index (κ2) is 9.34. The summed E-state index contributed by atoms with van der Waals surface area (Å²) in [5, 5.41) is 3.50. The molecule has 1 aromatic heterocycles. The first kappa shape index (κ1) is 22.4. The number of carbonyl (C=O) groups is 1. The minimum atomic E-state index is -0.330. The average molecular weight is 455 g/mol. The highest BCUT2D eigenvalue weighted by Crippen LogP contribution is 2.33. The first-order chi connectivity index (χ1) is 15.1.